The van der Waals surface area contributed by atoms with Crippen LogP contribution in [0.2, 0.25) is 0 Å². The largest absolute Gasteiger partial charge is 0.494 e. The molecule has 0 unspecified atom stereocenters. The van der Waals surface area contributed by atoms with Crippen molar-refractivity contribution < 1.29 is 15.0 Å². The van der Waals surface area contributed by atoms with E-state index < -0.39 is 5.97 Å². The number of aromatic nitrogens is 1. The molecule has 0 spiro atoms. The molecule has 1 aliphatic rings. The van der Waals surface area contributed by atoms with Crippen LogP contribution in [0.25, 0.3) is 10.9 Å². The molecular formula is C28H27N3O3. The number of carboxylic acid groups (broad SMARTS) is 1. The number of hydrogen-bond acceptors (Lipinski definition) is 4. The Morgan fingerprint density at radius 2 is 1.65 bits per heavy atom. The third kappa shape index (κ3) is 4.58. The van der Waals surface area contributed by atoms with E-state index in [2.05, 4.69) is 22.0 Å². The first kappa shape index (κ1) is 21.9. The highest BCUT2D eigenvalue weighted by atomic mass is 16.4. The number of nitrogens with zero attached hydrogens (tertiary/aromatic N) is 2. The number of benzene rings is 3. The van der Waals surface area contributed by atoms with Crippen LogP contribution in [-0.4, -0.2) is 44.9 Å². The van der Waals surface area contributed by atoms with Crippen molar-refractivity contribution in [3.05, 3.63) is 95.1 Å². The molecule has 4 aromatic rings. The minimum atomic E-state index is -1.01. The second kappa shape index (κ2) is 9.53. The van der Waals surface area contributed by atoms with Gasteiger partial charge in [0.15, 0.2) is 5.88 Å². The number of aromatic hydroxyl groups is 1. The molecule has 0 saturated carbocycles. The Morgan fingerprint density at radius 3 is 2.35 bits per heavy atom. The molecule has 0 aliphatic carbocycles. The number of aromatic carboxylic acids is 1. The van der Waals surface area contributed by atoms with Gasteiger partial charge in [0.2, 0.25) is 0 Å². The number of fused-ring (bicyclic) bond motifs is 1. The smallest absolute Gasteiger partial charge is 0.335 e. The summed E-state index contributed by atoms with van der Waals surface area (Å²) in [4.78, 5) is 21.7. The Hall–Kier alpha value is -3.90. The quantitative estimate of drug-likeness (QED) is 0.326. The summed E-state index contributed by atoms with van der Waals surface area (Å²) in [5.74, 6) is -1.05. The number of nitrogens with one attached hydrogen (secondary N) is 1. The lowest BCUT2D eigenvalue weighted by Crippen LogP contribution is -2.28. The average Bonchev–Trinajstić information content (AvgIpc) is 3.19. The van der Waals surface area contributed by atoms with Gasteiger partial charge in [-0.2, -0.15) is 0 Å². The van der Waals surface area contributed by atoms with E-state index in [-0.39, 0.29) is 11.4 Å². The normalized spacial score (nSPS) is 15.0. The lowest BCUT2D eigenvalue weighted by molar-refractivity contribution is 0.0697. The SMILES string of the molecule is O=C(O)c1ccc2c(C(=Nc3ccc(CN4CCCCC4)cc3)c3ccccc3)c(O)[nH]c2c1. The maximum atomic E-state index is 11.4. The Bertz CT molecular complexity index is 1330. The van der Waals surface area contributed by atoms with Crippen molar-refractivity contribution in [1.82, 2.24) is 9.88 Å². The van der Waals surface area contributed by atoms with E-state index in [1.807, 2.05) is 42.5 Å². The van der Waals surface area contributed by atoms with Crippen molar-refractivity contribution in [3.63, 3.8) is 0 Å². The highest BCUT2D eigenvalue weighted by Crippen LogP contribution is 2.32. The monoisotopic (exact) mass is 453 g/mol. The van der Waals surface area contributed by atoms with Crippen LogP contribution in [0.4, 0.5) is 5.69 Å². The van der Waals surface area contributed by atoms with E-state index in [0.29, 0.717) is 22.2 Å². The summed E-state index contributed by atoms with van der Waals surface area (Å²) in [5, 5.41) is 20.9. The topological polar surface area (TPSA) is 88.9 Å². The van der Waals surface area contributed by atoms with Crippen LogP contribution < -0.4 is 0 Å². The van der Waals surface area contributed by atoms with E-state index in [4.69, 9.17) is 4.99 Å². The van der Waals surface area contributed by atoms with Gasteiger partial charge in [0.25, 0.3) is 0 Å². The van der Waals surface area contributed by atoms with Gasteiger partial charge in [0, 0.05) is 23.0 Å². The fraction of sp³-hybridized carbons (Fsp3) is 0.214. The van der Waals surface area contributed by atoms with Gasteiger partial charge >= 0.3 is 5.97 Å². The first-order chi connectivity index (χ1) is 16.6. The maximum Gasteiger partial charge on any atom is 0.335 e. The molecule has 6 heteroatoms. The van der Waals surface area contributed by atoms with Crippen molar-refractivity contribution in [1.29, 1.82) is 0 Å². The third-order valence-electron chi connectivity index (χ3n) is 6.34. The van der Waals surface area contributed by atoms with Gasteiger partial charge in [0.1, 0.15) is 0 Å². The number of H-pyrrole nitrogens is 1. The highest BCUT2D eigenvalue weighted by molar-refractivity contribution is 6.22. The number of rotatable bonds is 6. The van der Waals surface area contributed by atoms with E-state index in [1.54, 1.807) is 12.1 Å². The van der Waals surface area contributed by atoms with E-state index in [9.17, 15) is 15.0 Å². The van der Waals surface area contributed by atoms with Gasteiger partial charge in [-0.25, -0.2) is 9.79 Å². The third-order valence-corrected chi connectivity index (χ3v) is 6.34. The molecule has 1 saturated heterocycles. The summed E-state index contributed by atoms with van der Waals surface area (Å²) in [5.41, 5.74) is 4.79. The molecule has 3 aromatic carbocycles. The van der Waals surface area contributed by atoms with Gasteiger partial charge in [-0.15, -0.1) is 0 Å². The van der Waals surface area contributed by atoms with Crippen LogP contribution in [-0.2, 0) is 6.54 Å². The standard InChI is InChI=1S/C28H27N3O3/c32-27-25(23-14-11-21(28(33)34)17-24(23)30-27)26(20-7-3-1-4-8-20)29-22-12-9-19(10-13-22)18-31-15-5-2-6-16-31/h1,3-4,7-14,17,30,32H,2,5-6,15-16,18H2,(H,33,34). The van der Waals surface area contributed by atoms with Crippen LogP contribution >= 0.6 is 0 Å². The minimum Gasteiger partial charge on any atom is -0.494 e. The van der Waals surface area contributed by atoms with Crippen LogP contribution in [0.5, 0.6) is 5.88 Å². The summed E-state index contributed by atoms with van der Waals surface area (Å²) in [6.45, 7) is 3.26. The number of carbonyl (C=O) groups is 1. The molecule has 0 amide bonds. The van der Waals surface area contributed by atoms with Crippen LogP contribution in [0.15, 0.2) is 77.8 Å². The van der Waals surface area contributed by atoms with E-state index in [0.717, 1.165) is 30.9 Å². The zero-order chi connectivity index (χ0) is 23.5. The van der Waals surface area contributed by atoms with Gasteiger partial charge < -0.3 is 15.2 Å². The number of piperidine rings is 1. The van der Waals surface area contributed by atoms with Crippen molar-refractivity contribution in [2.75, 3.05) is 13.1 Å². The van der Waals surface area contributed by atoms with Crippen molar-refractivity contribution >= 4 is 28.3 Å². The summed E-state index contributed by atoms with van der Waals surface area (Å²) < 4.78 is 0. The molecule has 0 atom stereocenters. The van der Waals surface area contributed by atoms with Gasteiger partial charge in [-0.1, -0.05) is 55.0 Å². The molecule has 2 heterocycles. The number of likely N-dealkylation sites (tertiary alicyclic amines) is 1. The number of carboxylic acids is 1. The molecule has 0 bridgehead atoms. The molecule has 3 N–H and O–H groups in total. The zero-order valence-electron chi connectivity index (χ0n) is 18.9. The van der Waals surface area contributed by atoms with Gasteiger partial charge in [-0.3, -0.25) is 4.90 Å². The van der Waals surface area contributed by atoms with E-state index >= 15 is 0 Å². The minimum absolute atomic E-state index is 0.0399. The van der Waals surface area contributed by atoms with E-state index in [1.165, 1.54) is 30.9 Å². The maximum absolute atomic E-state index is 11.4. The fourth-order valence-corrected chi connectivity index (χ4v) is 4.60. The Kier molecular flexibility index (Phi) is 6.14. The van der Waals surface area contributed by atoms with Crippen LogP contribution in [0.1, 0.15) is 46.3 Å². The van der Waals surface area contributed by atoms with Crippen molar-refractivity contribution in [2.24, 2.45) is 4.99 Å². The molecule has 172 valence electrons. The second-order valence-corrected chi connectivity index (χ2v) is 8.74. The molecule has 1 aromatic heterocycles. The van der Waals surface area contributed by atoms with Gasteiger partial charge in [-0.05, 0) is 55.8 Å². The summed E-state index contributed by atoms with van der Waals surface area (Å²) in [6.07, 6.45) is 3.86. The zero-order valence-corrected chi connectivity index (χ0v) is 18.9. The molecule has 6 nitrogen and oxygen atoms in total. The lowest BCUT2D eigenvalue weighted by atomic mass is 10.00. The first-order valence-corrected chi connectivity index (χ1v) is 11.6. The molecule has 5 rings (SSSR count). The number of hydrogen-bond donors (Lipinski definition) is 3. The van der Waals surface area contributed by atoms with Crippen LogP contribution in [0.3, 0.4) is 0 Å². The average molecular weight is 454 g/mol. The predicted molar refractivity (Wildman–Crippen MR) is 134 cm³/mol. The second-order valence-electron chi connectivity index (χ2n) is 8.74. The molecule has 1 fully saturated rings. The summed E-state index contributed by atoms with van der Waals surface area (Å²) >= 11 is 0. The summed E-state index contributed by atoms with van der Waals surface area (Å²) in [6, 6.07) is 22.7. The molecule has 34 heavy (non-hydrogen) atoms. The Morgan fingerprint density at radius 1 is 0.912 bits per heavy atom. The number of aliphatic imine (C=N–C) groups is 1. The lowest BCUT2D eigenvalue weighted by Gasteiger charge is -2.26. The Labute approximate surface area is 198 Å². The first-order valence-electron chi connectivity index (χ1n) is 11.6. The summed E-state index contributed by atoms with van der Waals surface area (Å²) in [7, 11) is 0. The number of aromatic amines is 1. The Balaban J connectivity index is 1.54. The molecular weight excluding hydrogens is 426 g/mol. The van der Waals surface area contributed by atoms with Crippen molar-refractivity contribution in [2.45, 2.75) is 25.8 Å². The highest BCUT2D eigenvalue weighted by Gasteiger charge is 2.19. The van der Waals surface area contributed by atoms with Crippen molar-refractivity contribution in [3.8, 4) is 5.88 Å². The fourth-order valence-electron chi connectivity index (χ4n) is 4.60. The van der Waals surface area contributed by atoms with Crippen LogP contribution in [0, 0.1) is 0 Å². The molecule has 0 radical (unpaired) electrons. The predicted octanol–water partition coefficient (Wildman–Crippen LogP) is 5.73. The molecule has 1 aliphatic heterocycles. The van der Waals surface area contributed by atoms with Gasteiger partial charge in [0.05, 0.1) is 22.5 Å².